The molecule has 1 aromatic heterocycles. The minimum Gasteiger partial charge on any atom is -0.357 e. The Morgan fingerprint density at radius 2 is 2.17 bits per heavy atom. The predicted octanol–water partition coefficient (Wildman–Crippen LogP) is 2.62. The quantitative estimate of drug-likeness (QED) is 0.599. The second kappa shape index (κ2) is 9.53. The van der Waals surface area contributed by atoms with Crippen LogP contribution in [0.1, 0.15) is 64.6 Å². The van der Waals surface area contributed by atoms with Crippen molar-refractivity contribution in [3.63, 3.8) is 0 Å². The molecule has 0 spiro atoms. The normalized spacial score (nSPS) is 18.0. The molecule has 6 heteroatoms. The van der Waals surface area contributed by atoms with E-state index in [9.17, 15) is 0 Å². The van der Waals surface area contributed by atoms with Crippen LogP contribution in [-0.2, 0) is 13.6 Å². The van der Waals surface area contributed by atoms with Crippen molar-refractivity contribution in [1.82, 2.24) is 25.4 Å². The average Bonchev–Trinajstić information content (AvgIpc) is 2.97. The van der Waals surface area contributed by atoms with Crippen LogP contribution in [0.3, 0.4) is 0 Å². The number of rotatable bonds is 7. The van der Waals surface area contributed by atoms with Gasteiger partial charge in [0, 0.05) is 19.6 Å². The number of aryl methyl sites for hydroxylation is 1. The third-order valence-electron chi connectivity index (χ3n) is 4.64. The predicted molar refractivity (Wildman–Crippen MR) is 94.2 cm³/mol. The van der Waals surface area contributed by atoms with Gasteiger partial charge in [0.05, 0.1) is 0 Å². The van der Waals surface area contributed by atoms with Crippen molar-refractivity contribution in [2.45, 2.75) is 71.4 Å². The number of nitrogens with one attached hydrogen (secondary N) is 2. The van der Waals surface area contributed by atoms with E-state index < -0.39 is 0 Å². The Hall–Kier alpha value is -1.59. The smallest absolute Gasteiger partial charge is 0.191 e. The highest BCUT2D eigenvalue weighted by Gasteiger charge is 2.15. The molecule has 1 aromatic rings. The van der Waals surface area contributed by atoms with Gasteiger partial charge in [-0.3, -0.25) is 0 Å². The molecule has 130 valence electrons. The van der Waals surface area contributed by atoms with E-state index in [0.717, 1.165) is 24.2 Å². The number of hydrogen-bond donors (Lipinski definition) is 2. The molecule has 2 N–H and O–H groups in total. The molecule has 1 saturated carbocycles. The molecule has 2 rings (SSSR count). The Morgan fingerprint density at radius 1 is 1.39 bits per heavy atom. The number of aromatic nitrogens is 3. The SMILES string of the molecule is CCNC(=NCc1nncn1C)NC(C)CCC1CCCCC1. The highest BCUT2D eigenvalue weighted by molar-refractivity contribution is 5.79. The van der Waals surface area contributed by atoms with Gasteiger partial charge in [-0.1, -0.05) is 32.1 Å². The first-order chi connectivity index (χ1) is 11.2. The van der Waals surface area contributed by atoms with Gasteiger partial charge in [-0.25, -0.2) is 4.99 Å². The zero-order valence-electron chi connectivity index (χ0n) is 14.9. The molecule has 0 saturated heterocycles. The van der Waals surface area contributed by atoms with Gasteiger partial charge >= 0.3 is 0 Å². The van der Waals surface area contributed by atoms with Crippen molar-refractivity contribution in [3.8, 4) is 0 Å². The fourth-order valence-corrected chi connectivity index (χ4v) is 3.19. The molecule has 1 heterocycles. The van der Waals surface area contributed by atoms with Crippen molar-refractivity contribution in [2.24, 2.45) is 18.0 Å². The van der Waals surface area contributed by atoms with E-state index in [0.29, 0.717) is 12.6 Å². The molecule has 0 radical (unpaired) electrons. The highest BCUT2D eigenvalue weighted by atomic mass is 15.3. The fraction of sp³-hybridized carbons (Fsp3) is 0.824. The van der Waals surface area contributed by atoms with Crippen LogP contribution in [0, 0.1) is 5.92 Å². The second-order valence-corrected chi connectivity index (χ2v) is 6.68. The zero-order valence-corrected chi connectivity index (χ0v) is 14.9. The van der Waals surface area contributed by atoms with Gasteiger partial charge in [0.25, 0.3) is 0 Å². The summed E-state index contributed by atoms with van der Waals surface area (Å²) >= 11 is 0. The summed E-state index contributed by atoms with van der Waals surface area (Å²) in [5.74, 6) is 2.68. The Bertz CT molecular complexity index is 475. The van der Waals surface area contributed by atoms with Crippen LogP contribution in [-0.4, -0.2) is 33.3 Å². The summed E-state index contributed by atoms with van der Waals surface area (Å²) < 4.78 is 1.90. The maximum atomic E-state index is 4.62. The topological polar surface area (TPSA) is 67.1 Å². The first-order valence-corrected chi connectivity index (χ1v) is 9.06. The van der Waals surface area contributed by atoms with Crippen LogP contribution in [0.4, 0.5) is 0 Å². The summed E-state index contributed by atoms with van der Waals surface area (Å²) in [6.45, 7) is 5.74. The lowest BCUT2D eigenvalue weighted by Gasteiger charge is -2.24. The minimum absolute atomic E-state index is 0.439. The van der Waals surface area contributed by atoms with E-state index in [2.05, 4.69) is 39.7 Å². The van der Waals surface area contributed by atoms with Gasteiger partial charge in [0.2, 0.25) is 0 Å². The Morgan fingerprint density at radius 3 is 2.83 bits per heavy atom. The first kappa shape index (κ1) is 17.8. The van der Waals surface area contributed by atoms with E-state index >= 15 is 0 Å². The van der Waals surface area contributed by atoms with Crippen LogP contribution in [0.5, 0.6) is 0 Å². The lowest BCUT2D eigenvalue weighted by atomic mass is 9.85. The Kier molecular flexibility index (Phi) is 7.36. The van der Waals surface area contributed by atoms with E-state index in [1.165, 1.54) is 44.9 Å². The van der Waals surface area contributed by atoms with Crippen LogP contribution in [0.2, 0.25) is 0 Å². The summed E-state index contributed by atoms with van der Waals surface area (Å²) in [7, 11) is 1.94. The molecule has 1 unspecified atom stereocenters. The lowest BCUT2D eigenvalue weighted by Crippen LogP contribution is -2.42. The van der Waals surface area contributed by atoms with Crippen molar-refractivity contribution in [3.05, 3.63) is 12.2 Å². The number of nitrogens with zero attached hydrogens (tertiary/aromatic N) is 4. The van der Waals surface area contributed by atoms with Gasteiger partial charge < -0.3 is 15.2 Å². The molecule has 1 aliphatic carbocycles. The van der Waals surface area contributed by atoms with E-state index in [-0.39, 0.29) is 0 Å². The summed E-state index contributed by atoms with van der Waals surface area (Å²) in [6.07, 6.45) is 11.4. The summed E-state index contributed by atoms with van der Waals surface area (Å²) in [4.78, 5) is 4.62. The maximum Gasteiger partial charge on any atom is 0.191 e. The summed E-state index contributed by atoms with van der Waals surface area (Å²) in [6, 6.07) is 0.439. The van der Waals surface area contributed by atoms with Crippen molar-refractivity contribution >= 4 is 5.96 Å². The molecule has 1 fully saturated rings. The molecule has 0 aliphatic heterocycles. The van der Waals surface area contributed by atoms with Gasteiger partial charge in [-0.05, 0) is 32.6 Å². The minimum atomic E-state index is 0.439. The Balaban J connectivity index is 1.78. The number of aliphatic imine (C=N–C) groups is 1. The maximum absolute atomic E-state index is 4.62. The third kappa shape index (κ3) is 6.20. The van der Waals surface area contributed by atoms with Crippen LogP contribution in [0.25, 0.3) is 0 Å². The van der Waals surface area contributed by atoms with Crippen molar-refractivity contribution in [1.29, 1.82) is 0 Å². The monoisotopic (exact) mass is 320 g/mol. The second-order valence-electron chi connectivity index (χ2n) is 6.68. The van der Waals surface area contributed by atoms with Crippen LogP contribution >= 0.6 is 0 Å². The van der Waals surface area contributed by atoms with Crippen LogP contribution in [0.15, 0.2) is 11.3 Å². The number of hydrogen-bond acceptors (Lipinski definition) is 3. The van der Waals surface area contributed by atoms with E-state index in [1.54, 1.807) is 6.33 Å². The summed E-state index contributed by atoms with van der Waals surface area (Å²) in [5, 5.41) is 14.8. The van der Waals surface area contributed by atoms with Gasteiger partial charge in [-0.15, -0.1) is 10.2 Å². The van der Waals surface area contributed by atoms with E-state index in [1.807, 2.05) is 11.6 Å². The van der Waals surface area contributed by atoms with Crippen LogP contribution < -0.4 is 10.6 Å². The molecule has 1 atom stereocenters. The highest BCUT2D eigenvalue weighted by Crippen LogP contribution is 2.27. The molecular weight excluding hydrogens is 288 g/mol. The Labute approximate surface area is 140 Å². The largest absolute Gasteiger partial charge is 0.357 e. The van der Waals surface area contributed by atoms with Crippen molar-refractivity contribution in [2.75, 3.05) is 6.54 Å². The molecule has 0 bridgehead atoms. The first-order valence-electron chi connectivity index (χ1n) is 9.06. The van der Waals surface area contributed by atoms with Gasteiger partial charge in [0.1, 0.15) is 12.9 Å². The standard InChI is InChI=1S/C17H32N6/c1-4-18-17(19-12-16-22-20-13-23(16)3)21-14(2)10-11-15-8-6-5-7-9-15/h13-15H,4-12H2,1-3H3,(H2,18,19,21). The average molecular weight is 320 g/mol. The lowest BCUT2D eigenvalue weighted by molar-refractivity contribution is 0.322. The molecule has 0 amide bonds. The van der Waals surface area contributed by atoms with Crippen molar-refractivity contribution < 1.29 is 0 Å². The summed E-state index contributed by atoms with van der Waals surface area (Å²) in [5.41, 5.74) is 0. The molecular formula is C17H32N6. The number of guanidine groups is 1. The molecule has 0 aromatic carbocycles. The third-order valence-corrected chi connectivity index (χ3v) is 4.64. The van der Waals surface area contributed by atoms with Gasteiger partial charge in [0.15, 0.2) is 11.8 Å². The molecule has 6 nitrogen and oxygen atoms in total. The molecule has 1 aliphatic rings. The van der Waals surface area contributed by atoms with E-state index in [4.69, 9.17) is 0 Å². The molecule has 23 heavy (non-hydrogen) atoms. The zero-order chi connectivity index (χ0) is 16.5. The van der Waals surface area contributed by atoms with Gasteiger partial charge in [-0.2, -0.15) is 0 Å². The fourth-order valence-electron chi connectivity index (χ4n) is 3.19.